The highest BCUT2D eigenvalue weighted by atomic mass is 16.5. The molecule has 6 nitrogen and oxygen atoms in total. The number of para-hydroxylation sites is 1. The van der Waals surface area contributed by atoms with Crippen molar-refractivity contribution in [3.63, 3.8) is 0 Å². The summed E-state index contributed by atoms with van der Waals surface area (Å²) in [6.45, 7) is 2.57. The first-order valence-corrected chi connectivity index (χ1v) is 9.17. The van der Waals surface area contributed by atoms with E-state index in [4.69, 9.17) is 14.2 Å². The van der Waals surface area contributed by atoms with E-state index in [9.17, 15) is 4.79 Å². The Bertz CT molecular complexity index is 829. The average Bonchev–Trinajstić information content (AvgIpc) is 3.13. The maximum absolute atomic E-state index is 12.3. The Morgan fingerprint density at radius 3 is 2.59 bits per heavy atom. The van der Waals surface area contributed by atoms with Crippen molar-refractivity contribution in [1.29, 1.82) is 0 Å². The second kappa shape index (κ2) is 7.48. The number of anilines is 1. The smallest absolute Gasteiger partial charge is 0.411 e. The number of methoxy groups -OCH3 is 2. The van der Waals surface area contributed by atoms with Gasteiger partial charge in [0.25, 0.3) is 0 Å². The quantitative estimate of drug-likeness (QED) is 0.818. The molecule has 2 aliphatic rings. The summed E-state index contributed by atoms with van der Waals surface area (Å²) in [4.78, 5) is 12.3. The summed E-state index contributed by atoms with van der Waals surface area (Å²) in [5.41, 5.74) is 2.42. The number of amides is 1. The molecule has 0 bridgehead atoms. The molecule has 2 N–H and O–H groups in total. The molecule has 1 amide bonds. The van der Waals surface area contributed by atoms with E-state index in [2.05, 4.69) is 10.6 Å². The van der Waals surface area contributed by atoms with Crippen molar-refractivity contribution in [3.8, 4) is 22.6 Å². The van der Waals surface area contributed by atoms with Crippen LogP contribution in [0, 0.1) is 17.8 Å². The third-order valence-corrected chi connectivity index (χ3v) is 5.54. The number of ether oxygens (including phenoxy) is 3. The van der Waals surface area contributed by atoms with Crippen LogP contribution < -0.4 is 20.1 Å². The molecule has 27 heavy (non-hydrogen) atoms. The summed E-state index contributed by atoms with van der Waals surface area (Å²) in [5.74, 6) is 3.25. The molecule has 0 spiro atoms. The predicted octanol–water partition coefficient (Wildman–Crippen LogP) is 3.38. The van der Waals surface area contributed by atoms with Crippen LogP contribution in [-0.2, 0) is 4.74 Å². The van der Waals surface area contributed by atoms with Crippen LogP contribution in [0.5, 0.6) is 11.5 Å². The lowest BCUT2D eigenvalue weighted by Gasteiger charge is -2.15. The molecule has 1 heterocycles. The largest absolute Gasteiger partial charge is 0.497 e. The molecule has 2 unspecified atom stereocenters. The first-order chi connectivity index (χ1) is 13.2. The summed E-state index contributed by atoms with van der Waals surface area (Å²) in [6.07, 6.45) is -0.423. The van der Waals surface area contributed by atoms with Gasteiger partial charge in [-0.3, -0.25) is 5.32 Å². The Hall–Kier alpha value is -2.73. The van der Waals surface area contributed by atoms with Gasteiger partial charge in [-0.05, 0) is 43.1 Å². The van der Waals surface area contributed by atoms with Gasteiger partial charge >= 0.3 is 6.09 Å². The molecule has 142 valence electrons. The summed E-state index contributed by atoms with van der Waals surface area (Å²) in [5, 5.41) is 6.22. The average molecular weight is 368 g/mol. The number of hydrogen-bond donors (Lipinski definition) is 2. The number of hydrogen-bond acceptors (Lipinski definition) is 5. The molecule has 2 atom stereocenters. The van der Waals surface area contributed by atoms with Crippen molar-refractivity contribution in [2.45, 2.75) is 0 Å². The predicted molar refractivity (Wildman–Crippen MR) is 103 cm³/mol. The molecule has 0 aromatic heterocycles. The van der Waals surface area contributed by atoms with Crippen LogP contribution in [0.2, 0.25) is 0 Å². The van der Waals surface area contributed by atoms with E-state index in [1.54, 1.807) is 14.2 Å². The Morgan fingerprint density at radius 2 is 1.85 bits per heavy atom. The third-order valence-electron chi connectivity index (χ3n) is 5.54. The Balaban J connectivity index is 1.47. The fraction of sp³-hybridized carbons (Fsp3) is 0.381. The van der Waals surface area contributed by atoms with E-state index in [1.165, 1.54) is 0 Å². The molecule has 2 fully saturated rings. The number of rotatable bonds is 6. The van der Waals surface area contributed by atoms with Crippen LogP contribution in [0.15, 0.2) is 42.5 Å². The number of carbonyl (C=O) groups excluding carboxylic acids is 1. The van der Waals surface area contributed by atoms with Gasteiger partial charge in [-0.15, -0.1) is 0 Å². The number of fused-ring (bicyclic) bond motifs is 1. The number of piperidine rings is 1. The molecule has 2 aromatic rings. The lowest BCUT2D eigenvalue weighted by atomic mass is 10.0. The zero-order valence-electron chi connectivity index (χ0n) is 15.5. The Labute approximate surface area is 158 Å². The summed E-state index contributed by atoms with van der Waals surface area (Å²) >= 11 is 0. The highest BCUT2D eigenvalue weighted by molar-refractivity contribution is 5.92. The van der Waals surface area contributed by atoms with Gasteiger partial charge in [0.15, 0.2) is 0 Å². The van der Waals surface area contributed by atoms with Crippen molar-refractivity contribution in [1.82, 2.24) is 5.32 Å². The third kappa shape index (κ3) is 3.57. The monoisotopic (exact) mass is 368 g/mol. The minimum atomic E-state index is -0.423. The molecule has 4 rings (SSSR count). The highest BCUT2D eigenvalue weighted by Gasteiger charge is 2.53. The molecular formula is C21H24N2O4. The molecule has 1 aliphatic carbocycles. The molecule has 6 heteroatoms. The zero-order valence-corrected chi connectivity index (χ0v) is 15.5. The van der Waals surface area contributed by atoms with Gasteiger partial charge in [0, 0.05) is 23.1 Å². The van der Waals surface area contributed by atoms with Crippen molar-refractivity contribution in [2.24, 2.45) is 17.8 Å². The van der Waals surface area contributed by atoms with Crippen molar-refractivity contribution < 1.29 is 19.0 Å². The Kier molecular flexibility index (Phi) is 4.90. The lowest BCUT2D eigenvalue weighted by Crippen LogP contribution is -2.20. The van der Waals surface area contributed by atoms with Gasteiger partial charge in [0.05, 0.1) is 26.5 Å². The molecule has 1 saturated carbocycles. The SMILES string of the molecule is COc1ccc(-c2ccccc2NC(=O)OCC2C3CNCC32)c(OC)c1. The van der Waals surface area contributed by atoms with Gasteiger partial charge < -0.3 is 19.5 Å². The molecule has 1 aliphatic heterocycles. The maximum Gasteiger partial charge on any atom is 0.411 e. The summed E-state index contributed by atoms with van der Waals surface area (Å²) < 4.78 is 16.2. The number of carbonyl (C=O) groups is 1. The fourth-order valence-electron chi connectivity index (χ4n) is 3.96. The first-order valence-electron chi connectivity index (χ1n) is 9.17. The lowest BCUT2D eigenvalue weighted by molar-refractivity contribution is 0.151. The molecule has 2 aromatic carbocycles. The van der Waals surface area contributed by atoms with E-state index in [0.717, 1.165) is 24.2 Å². The van der Waals surface area contributed by atoms with E-state index >= 15 is 0 Å². The standard InChI is InChI=1S/C21H24N2O4/c1-25-13-7-8-15(20(9-13)26-2)14-5-3-4-6-19(14)23-21(24)27-12-18-16-10-22-11-17(16)18/h3-9,16-18,22H,10-12H2,1-2H3,(H,23,24). The fourth-order valence-corrected chi connectivity index (χ4v) is 3.96. The second-order valence-corrected chi connectivity index (χ2v) is 6.99. The first kappa shape index (κ1) is 17.7. The minimum absolute atomic E-state index is 0.423. The van der Waals surface area contributed by atoms with E-state index in [0.29, 0.717) is 41.5 Å². The normalized spacial score (nSPS) is 22.7. The van der Waals surface area contributed by atoms with Crippen LogP contribution >= 0.6 is 0 Å². The van der Waals surface area contributed by atoms with E-state index < -0.39 is 6.09 Å². The number of nitrogens with one attached hydrogen (secondary N) is 2. The summed E-state index contributed by atoms with van der Waals surface area (Å²) in [7, 11) is 3.23. The van der Waals surface area contributed by atoms with Crippen LogP contribution in [0.25, 0.3) is 11.1 Å². The Morgan fingerprint density at radius 1 is 1.07 bits per heavy atom. The van der Waals surface area contributed by atoms with Crippen molar-refractivity contribution in [2.75, 3.05) is 39.2 Å². The van der Waals surface area contributed by atoms with Crippen LogP contribution in [-0.4, -0.2) is 40.0 Å². The number of benzene rings is 2. The van der Waals surface area contributed by atoms with Gasteiger partial charge in [0.1, 0.15) is 11.5 Å². The topological polar surface area (TPSA) is 68.8 Å². The zero-order chi connectivity index (χ0) is 18.8. The van der Waals surface area contributed by atoms with Crippen LogP contribution in [0.3, 0.4) is 0 Å². The van der Waals surface area contributed by atoms with E-state index in [1.807, 2.05) is 42.5 Å². The summed E-state index contributed by atoms with van der Waals surface area (Å²) in [6, 6.07) is 13.2. The highest BCUT2D eigenvalue weighted by Crippen LogP contribution is 2.48. The molecular weight excluding hydrogens is 344 g/mol. The van der Waals surface area contributed by atoms with Gasteiger partial charge in [-0.25, -0.2) is 4.79 Å². The maximum atomic E-state index is 12.3. The van der Waals surface area contributed by atoms with Crippen molar-refractivity contribution >= 4 is 11.8 Å². The van der Waals surface area contributed by atoms with Crippen LogP contribution in [0.4, 0.5) is 10.5 Å². The minimum Gasteiger partial charge on any atom is -0.497 e. The van der Waals surface area contributed by atoms with E-state index in [-0.39, 0.29) is 0 Å². The second-order valence-electron chi connectivity index (χ2n) is 6.99. The van der Waals surface area contributed by atoms with Crippen molar-refractivity contribution in [3.05, 3.63) is 42.5 Å². The molecule has 1 saturated heterocycles. The van der Waals surface area contributed by atoms with Gasteiger partial charge in [-0.1, -0.05) is 18.2 Å². The van der Waals surface area contributed by atoms with Gasteiger partial charge in [-0.2, -0.15) is 0 Å². The molecule has 0 radical (unpaired) electrons. The van der Waals surface area contributed by atoms with Gasteiger partial charge in [0.2, 0.25) is 0 Å². The van der Waals surface area contributed by atoms with Crippen LogP contribution in [0.1, 0.15) is 0 Å².